The number of hydrogen-bond acceptors (Lipinski definition) is 5. The molecule has 1 N–H and O–H groups in total. The van der Waals surface area contributed by atoms with Gasteiger partial charge in [0.25, 0.3) is 5.91 Å². The predicted molar refractivity (Wildman–Crippen MR) is 112 cm³/mol. The average molecular weight is 428 g/mol. The molecule has 0 bridgehead atoms. The van der Waals surface area contributed by atoms with E-state index in [9.17, 15) is 14.4 Å². The molecular weight excluding hydrogens is 398 g/mol. The van der Waals surface area contributed by atoms with Crippen LogP contribution in [0.5, 0.6) is 11.5 Å². The molecule has 0 aromatic heterocycles. The second-order valence-electron chi connectivity index (χ2n) is 9.24. The molecule has 31 heavy (non-hydrogen) atoms. The number of nitrogens with zero attached hydrogens (tertiary/aromatic N) is 2. The van der Waals surface area contributed by atoms with Gasteiger partial charge in [0.05, 0.1) is 0 Å². The Morgan fingerprint density at radius 2 is 1.84 bits per heavy atom. The zero-order valence-electron chi connectivity index (χ0n) is 17.9. The molecule has 3 heterocycles. The molecule has 0 radical (unpaired) electrons. The van der Waals surface area contributed by atoms with Crippen LogP contribution in [-0.2, 0) is 15.1 Å². The first-order valence-corrected chi connectivity index (χ1v) is 11.3. The molecule has 1 aromatic carbocycles. The van der Waals surface area contributed by atoms with Gasteiger partial charge < -0.3 is 19.7 Å². The number of likely N-dealkylation sites (tertiary alicyclic amines) is 1. The Kier molecular flexibility index (Phi) is 5.02. The van der Waals surface area contributed by atoms with Crippen molar-refractivity contribution in [2.24, 2.45) is 11.8 Å². The number of nitrogens with one attached hydrogen (secondary N) is 1. The highest BCUT2D eigenvalue weighted by atomic mass is 16.6. The highest BCUT2D eigenvalue weighted by Gasteiger charge is 2.50. The molecule has 0 unspecified atom stereocenters. The number of fused-ring (bicyclic) bond motifs is 2. The number of urea groups is 1. The van der Waals surface area contributed by atoms with Crippen molar-refractivity contribution < 1.29 is 23.9 Å². The molecule has 4 aliphatic rings. The van der Waals surface area contributed by atoms with Crippen molar-refractivity contribution in [3.8, 4) is 11.5 Å². The standard InChI is InChI=1S/C23H29N3O5/c1-23(17-6-7-18-19(12-17)31-11-10-30-18)21(28)26(22(29)24-23)14-20(27)25-9-8-15-4-2-3-5-16(15)13-25/h6-7,12,15-16H,2-5,8-11,13-14H2,1H3,(H,24,29)/t15-,16+,23-/m1/s1. The van der Waals surface area contributed by atoms with Crippen molar-refractivity contribution in [2.45, 2.75) is 44.6 Å². The molecule has 1 saturated carbocycles. The zero-order valence-corrected chi connectivity index (χ0v) is 17.9. The highest BCUT2D eigenvalue weighted by molar-refractivity contribution is 6.09. The van der Waals surface area contributed by atoms with Crippen molar-refractivity contribution in [3.05, 3.63) is 23.8 Å². The van der Waals surface area contributed by atoms with Crippen molar-refractivity contribution in [3.63, 3.8) is 0 Å². The minimum absolute atomic E-state index is 0.154. The van der Waals surface area contributed by atoms with Crippen LogP contribution in [0.4, 0.5) is 4.79 Å². The first-order valence-electron chi connectivity index (χ1n) is 11.3. The summed E-state index contributed by atoms with van der Waals surface area (Å²) in [5.74, 6) is 1.87. The van der Waals surface area contributed by atoms with Gasteiger partial charge in [-0.25, -0.2) is 4.79 Å². The molecule has 3 fully saturated rings. The molecule has 8 nitrogen and oxygen atoms in total. The molecule has 1 aliphatic carbocycles. The maximum absolute atomic E-state index is 13.3. The summed E-state index contributed by atoms with van der Waals surface area (Å²) in [6.45, 7) is 3.81. The lowest BCUT2D eigenvalue weighted by Crippen LogP contribution is -2.49. The van der Waals surface area contributed by atoms with E-state index in [1.807, 2.05) is 4.90 Å². The molecule has 8 heteroatoms. The minimum atomic E-state index is -1.25. The lowest BCUT2D eigenvalue weighted by atomic mass is 9.75. The average Bonchev–Trinajstić information content (AvgIpc) is 3.02. The van der Waals surface area contributed by atoms with E-state index in [1.54, 1.807) is 25.1 Å². The molecule has 4 amide bonds. The van der Waals surface area contributed by atoms with E-state index < -0.39 is 17.5 Å². The molecule has 2 saturated heterocycles. The second-order valence-corrected chi connectivity index (χ2v) is 9.24. The largest absolute Gasteiger partial charge is 0.486 e. The van der Waals surface area contributed by atoms with Crippen LogP contribution in [0.1, 0.15) is 44.6 Å². The second kappa shape index (κ2) is 7.73. The highest BCUT2D eigenvalue weighted by Crippen LogP contribution is 2.38. The quantitative estimate of drug-likeness (QED) is 0.748. The SMILES string of the molecule is C[C@]1(c2ccc3c(c2)OCCO3)NC(=O)N(CC(=O)N2CC[C@H]3CCCC[C@H]3C2)C1=O. The third-order valence-electron chi connectivity index (χ3n) is 7.33. The molecule has 0 spiro atoms. The number of hydrogen-bond donors (Lipinski definition) is 1. The monoisotopic (exact) mass is 427 g/mol. The topological polar surface area (TPSA) is 88.2 Å². The summed E-state index contributed by atoms with van der Waals surface area (Å²) in [5, 5.41) is 2.78. The van der Waals surface area contributed by atoms with Gasteiger partial charge in [0.2, 0.25) is 5.91 Å². The summed E-state index contributed by atoms with van der Waals surface area (Å²) < 4.78 is 11.2. The number of rotatable bonds is 3. The Morgan fingerprint density at radius 3 is 2.65 bits per heavy atom. The van der Waals surface area contributed by atoms with Crippen LogP contribution in [0, 0.1) is 11.8 Å². The predicted octanol–water partition coefficient (Wildman–Crippen LogP) is 2.26. The van der Waals surface area contributed by atoms with E-state index in [1.165, 1.54) is 25.7 Å². The molecule has 1 aromatic rings. The van der Waals surface area contributed by atoms with Gasteiger partial charge in [0.1, 0.15) is 25.3 Å². The van der Waals surface area contributed by atoms with E-state index in [0.29, 0.717) is 48.7 Å². The fourth-order valence-corrected chi connectivity index (χ4v) is 5.45. The van der Waals surface area contributed by atoms with Crippen LogP contribution in [0.2, 0.25) is 0 Å². The first-order chi connectivity index (χ1) is 15.0. The van der Waals surface area contributed by atoms with Gasteiger partial charge in [-0.05, 0) is 49.3 Å². The van der Waals surface area contributed by atoms with Crippen LogP contribution in [0.15, 0.2) is 18.2 Å². The third kappa shape index (κ3) is 3.51. The Labute approximate surface area is 181 Å². The van der Waals surface area contributed by atoms with Gasteiger partial charge in [0.15, 0.2) is 11.5 Å². The number of amides is 4. The lowest BCUT2D eigenvalue weighted by molar-refractivity contribution is -0.140. The number of piperidine rings is 1. The summed E-state index contributed by atoms with van der Waals surface area (Å²) in [7, 11) is 0. The summed E-state index contributed by atoms with van der Waals surface area (Å²) in [4.78, 5) is 41.8. The number of benzene rings is 1. The minimum Gasteiger partial charge on any atom is -0.486 e. The van der Waals surface area contributed by atoms with Gasteiger partial charge in [-0.1, -0.05) is 25.3 Å². The van der Waals surface area contributed by atoms with Crippen molar-refractivity contribution in [1.82, 2.24) is 15.1 Å². The fourth-order valence-electron chi connectivity index (χ4n) is 5.45. The number of carbonyl (C=O) groups is 3. The fraction of sp³-hybridized carbons (Fsp3) is 0.609. The van der Waals surface area contributed by atoms with E-state index in [4.69, 9.17) is 9.47 Å². The number of imide groups is 1. The van der Waals surface area contributed by atoms with Crippen molar-refractivity contribution in [1.29, 1.82) is 0 Å². The lowest BCUT2D eigenvalue weighted by Gasteiger charge is -2.41. The van der Waals surface area contributed by atoms with Crippen LogP contribution < -0.4 is 14.8 Å². The van der Waals surface area contributed by atoms with E-state index in [2.05, 4.69) is 5.32 Å². The Bertz CT molecular complexity index is 918. The molecule has 166 valence electrons. The van der Waals surface area contributed by atoms with Crippen LogP contribution in [0.25, 0.3) is 0 Å². The smallest absolute Gasteiger partial charge is 0.325 e. The first kappa shape index (κ1) is 20.2. The Hall–Kier alpha value is -2.77. The van der Waals surface area contributed by atoms with Crippen molar-refractivity contribution in [2.75, 3.05) is 32.8 Å². The van der Waals surface area contributed by atoms with Crippen LogP contribution in [0.3, 0.4) is 0 Å². The summed E-state index contributed by atoms with van der Waals surface area (Å²) in [6.07, 6.45) is 5.96. The van der Waals surface area contributed by atoms with Crippen LogP contribution in [-0.4, -0.2) is 60.5 Å². The van der Waals surface area contributed by atoms with Gasteiger partial charge >= 0.3 is 6.03 Å². The molecule has 5 rings (SSSR count). The van der Waals surface area contributed by atoms with Crippen LogP contribution >= 0.6 is 0 Å². The van der Waals surface area contributed by atoms with Crippen molar-refractivity contribution >= 4 is 17.8 Å². The number of ether oxygens (including phenoxy) is 2. The molecule has 3 aliphatic heterocycles. The van der Waals surface area contributed by atoms with Gasteiger partial charge in [-0.15, -0.1) is 0 Å². The van der Waals surface area contributed by atoms with Gasteiger partial charge in [0, 0.05) is 13.1 Å². The zero-order chi connectivity index (χ0) is 21.6. The Balaban J connectivity index is 1.29. The summed E-state index contributed by atoms with van der Waals surface area (Å²) >= 11 is 0. The van der Waals surface area contributed by atoms with E-state index >= 15 is 0 Å². The molecule has 3 atom stereocenters. The third-order valence-corrected chi connectivity index (χ3v) is 7.33. The number of carbonyl (C=O) groups excluding carboxylic acids is 3. The summed E-state index contributed by atoms with van der Waals surface area (Å²) in [6, 6.07) is 4.69. The Morgan fingerprint density at radius 1 is 1.10 bits per heavy atom. The summed E-state index contributed by atoms with van der Waals surface area (Å²) in [5.41, 5.74) is -0.642. The van der Waals surface area contributed by atoms with Gasteiger partial charge in [-0.2, -0.15) is 0 Å². The maximum Gasteiger partial charge on any atom is 0.325 e. The molecular formula is C23H29N3O5. The normalized spacial score (nSPS) is 30.1. The van der Waals surface area contributed by atoms with E-state index in [-0.39, 0.29) is 12.5 Å². The van der Waals surface area contributed by atoms with E-state index in [0.717, 1.165) is 17.9 Å². The van der Waals surface area contributed by atoms with Gasteiger partial charge in [-0.3, -0.25) is 14.5 Å². The maximum atomic E-state index is 13.3.